The van der Waals surface area contributed by atoms with E-state index in [9.17, 15) is 10.1 Å². The van der Waals surface area contributed by atoms with Gasteiger partial charge >= 0.3 is 5.97 Å². The lowest BCUT2D eigenvalue weighted by Gasteiger charge is -2.11. The van der Waals surface area contributed by atoms with E-state index in [1.54, 1.807) is 18.2 Å². The lowest BCUT2D eigenvalue weighted by atomic mass is 10.2. The Morgan fingerprint density at radius 3 is 2.65 bits per heavy atom. The number of ether oxygens (including phenoxy) is 2. The van der Waals surface area contributed by atoms with Crippen LogP contribution < -0.4 is 10.5 Å². The van der Waals surface area contributed by atoms with Crippen molar-refractivity contribution in [3.05, 3.63) is 77.6 Å². The molecule has 2 N–H and O–H groups in total. The summed E-state index contributed by atoms with van der Waals surface area (Å²) in [5, 5.41) is 9.20. The minimum Gasteiger partial charge on any atom is -0.489 e. The van der Waals surface area contributed by atoms with Crippen molar-refractivity contribution in [1.82, 2.24) is 4.57 Å². The van der Waals surface area contributed by atoms with Crippen molar-refractivity contribution in [1.29, 1.82) is 5.26 Å². The van der Waals surface area contributed by atoms with E-state index in [4.69, 9.17) is 15.2 Å². The summed E-state index contributed by atoms with van der Waals surface area (Å²) >= 11 is 0. The van der Waals surface area contributed by atoms with Crippen LogP contribution in [0.2, 0.25) is 0 Å². The van der Waals surface area contributed by atoms with Crippen LogP contribution in [0.1, 0.15) is 21.6 Å². The van der Waals surface area contributed by atoms with Crippen molar-refractivity contribution in [2.45, 2.75) is 6.61 Å². The summed E-state index contributed by atoms with van der Waals surface area (Å²) in [5.74, 6) is 0.0209. The summed E-state index contributed by atoms with van der Waals surface area (Å²) < 4.78 is 12.1. The van der Waals surface area contributed by atoms with Crippen LogP contribution in [0, 0.1) is 11.3 Å². The molecule has 3 aromatic rings. The average Bonchev–Trinajstić information content (AvgIpc) is 3.03. The fraction of sp³-hybridized carbons (Fsp3) is 0.100. The van der Waals surface area contributed by atoms with Crippen molar-refractivity contribution < 1.29 is 14.3 Å². The Morgan fingerprint density at radius 1 is 1.19 bits per heavy atom. The number of methoxy groups -OCH3 is 1. The normalized spacial score (nSPS) is 10.2. The molecule has 6 nitrogen and oxygen atoms in total. The van der Waals surface area contributed by atoms with Crippen molar-refractivity contribution in [2.75, 3.05) is 12.8 Å². The van der Waals surface area contributed by atoms with Gasteiger partial charge in [0.25, 0.3) is 0 Å². The summed E-state index contributed by atoms with van der Waals surface area (Å²) in [6.45, 7) is 0.422. The van der Waals surface area contributed by atoms with Crippen LogP contribution in [-0.4, -0.2) is 17.6 Å². The third-order valence-electron chi connectivity index (χ3n) is 3.89. The number of hydrogen-bond donors (Lipinski definition) is 1. The van der Waals surface area contributed by atoms with E-state index >= 15 is 0 Å². The molecule has 3 rings (SSSR count). The molecular weight excluding hydrogens is 330 g/mol. The highest BCUT2D eigenvalue weighted by atomic mass is 16.5. The number of carbonyl (C=O) groups excluding carboxylic acids is 1. The molecule has 1 heterocycles. The summed E-state index contributed by atoms with van der Waals surface area (Å²) in [4.78, 5) is 12.1. The second-order valence-electron chi connectivity index (χ2n) is 5.55. The molecule has 0 fully saturated rings. The summed E-state index contributed by atoms with van der Waals surface area (Å²) in [6, 6.07) is 19.0. The minimum atomic E-state index is -0.611. The van der Waals surface area contributed by atoms with Crippen molar-refractivity contribution >= 4 is 11.7 Å². The largest absolute Gasteiger partial charge is 0.489 e. The molecule has 0 atom stereocenters. The second kappa shape index (κ2) is 7.45. The highest BCUT2D eigenvalue weighted by Gasteiger charge is 2.21. The van der Waals surface area contributed by atoms with Gasteiger partial charge in [-0.2, -0.15) is 5.26 Å². The average molecular weight is 347 g/mol. The molecule has 130 valence electrons. The smallest absolute Gasteiger partial charge is 0.357 e. The molecule has 2 aromatic carbocycles. The molecule has 0 saturated carbocycles. The Labute approximate surface area is 151 Å². The number of hydrogen-bond acceptors (Lipinski definition) is 5. The maximum absolute atomic E-state index is 12.1. The molecule has 0 amide bonds. The number of rotatable bonds is 5. The van der Waals surface area contributed by atoms with Crippen LogP contribution in [0.15, 0.2) is 60.8 Å². The number of aromatic nitrogens is 1. The zero-order valence-electron chi connectivity index (χ0n) is 14.2. The number of nitrogens with zero attached hydrogens (tertiary/aromatic N) is 2. The van der Waals surface area contributed by atoms with E-state index in [1.807, 2.05) is 42.5 Å². The summed E-state index contributed by atoms with van der Waals surface area (Å²) in [5.41, 5.74) is 8.03. The number of esters is 1. The van der Waals surface area contributed by atoms with E-state index in [0.29, 0.717) is 18.0 Å². The minimum absolute atomic E-state index is 0.0926. The molecule has 0 bridgehead atoms. The molecular formula is C20H17N3O3. The Morgan fingerprint density at radius 2 is 1.96 bits per heavy atom. The van der Waals surface area contributed by atoms with Gasteiger partial charge in [0.05, 0.1) is 18.4 Å². The van der Waals surface area contributed by atoms with Crippen molar-refractivity contribution in [3.63, 3.8) is 0 Å². The summed E-state index contributed by atoms with van der Waals surface area (Å²) in [6.07, 6.45) is 1.51. The number of nitrogen functional groups attached to an aromatic ring is 1. The van der Waals surface area contributed by atoms with Gasteiger partial charge < -0.3 is 19.8 Å². The molecule has 0 spiro atoms. The maximum atomic E-state index is 12.1. The van der Waals surface area contributed by atoms with Gasteiger partial charge in [0.1, 0.15) is 18.4 Å². The van der Waals surface area contributed by atoms with E-state index in [-0.39, 0.29) is 16.9 Å². The van der Waals surface area contributed by atoms with Crippen LogP contribution in [-0.2, 0) is 11.3 Å². The Balaban J connectivity index is 1.93. The summed E-state index contributed by atoms with van der Waals surface area (Å²) in [7, 11) is 1.27. The molecule has 1 aromatic heterocycles. The highest BCUT2D eigenvalue weighted by molar-refractivity contribution is 5.95. The van der Waals surface area contributed by atoms with Crippen LogP contribution in [0.25, 0.3) is 5.69 Å². The van der Waals surface area contributed by atoms with Gasteiger partial charge in [0, 0.05) is 18.0 Å². The van der Waals surface area contributed by atoms with E-state index in [0.717, 1.165) is 5.56 Å². The van der Waals surface area contributed by atoms with Crippen LogP contribution in [0.5, 0.6) is 5.75 Å². The first-order chi connectivity index (χ1) is 12.6. The fourth-order valence-electron chi connectivity index (χ4n) is 2.58. The van der Waals surface area contributed by atoms with Gasteiger partial charge in [-0.1, -0.05) is 36.4 Å². The first-order valence-electron chi connectivity index (χ1n) is 7.90. The second-order valence-corrected chi connectivity index (χ2v) is 5.55. The first kappa shape index (κ1) is 17.1. The third-order valence-corrected chi connectivity index (χ3v) is 3.89. The van der Waals surface area contributed by atoms with Crippen molar-refractivity contribution in [3.8, 4) is 17.5 Å². The fourth-order valence-corrected chi connectivity index (χ4v) is 2.58. The van der Waals surface area contributed by atoms with E-state index in [1.165, 1.54) is 17.9 Å². The zero-order valence-corrected chi connectivity index (χ0v) is 14.2. The topological polar surface area (TPSA) is 90.3 Å². The SMILES string of the molecule is COC(=O)c1c(N)c(C#N)cn1-c1cccc(OCc2ccccc2)c1. The van der Waals surface area contributed by atoms with Gasteiger partial charge in [0.15, 0.2) is 5.69 Å². The third kappa shape index (κ3) is 3.37. The van der Waals surface area contributed by atoms with Crippen LogP contribution in [0.4, 0.5) is 5.69 Å². The quantitative estimate of drug-likeness (QED) is 0.715. The standard InChI is InChI=1S/C20H17N3O3/c1-25-20(24)19-18(22)15(11-21)12-23(19)16-8-5-9-17(10-16)26-13-14-6-3-2-4-7-14/h2-10,12H,13,22H2,1H3. The number of nitrogens with two attached hydrogens (primary N) is 1. The van der Waals surface area contributed by atoms with Gasteiger partial charge in [0.2, 0.25) is 0 Å². The first-order valence-corrected chi connectivity index (χ1v) is 7.90. The Hall–Kier alpha value is -3.72. The number of nitriles is 1. The molecule has 0 aliphatic rings. The van der Waals surface area contributed by atoms with Crippen molar-refractivity contribution in [2.24, 2.45) is 0 Å². The molecule has 0 radical (unpaired) electrons. The molecule has 0 saturated heterocycles. The molecule has 0 aliphatic carbocycles. The van der Waals surface area contributed by atoms with Gasteiger partial charge in [-0.3, -0.25) is 0 Å². The van der Waals surface area contributed by atoms with Gasteiger partial charge in [-0.15, -0.1) is 0 Å². The molecule has 26 heavy (non-hydrogen) atoms. The van der Waals surface area contributed by atoms with Gasteiger partial charge in [-0.05, 0) is 17.7 Å². The number of benzene rings is 2. The number of anilines is 1. The van der Waals surface area contributed by atoms with Crippen LogP contribution in [0.3, 0.4) is 0 Å². The maximum Gasteiger partial charge on any atom is 0.357 e. The Kier molecular flexibility index (Phi) is 4.90. The number of carbonyl (C=O) groups is 1. The zero-order chi connectivity index (χ0) is 18.5. The molecule has 0 aliphatic heterocycles. The van der Waals surface area contributed by atoms with Crippen LogP contribution >= 0.6 is 0 Å². The predicted molar refractivity (Wildman–Crippen MR) is 97.0 cm³/mol. The predicted octanol–water partition coefficient (Wildman–Crippen LogP) is 3.30. The molecule has 0 unspecified atom stereocenters. The van der Waals surface area contributed by atoms with Gasteiger partial charge in [-0.25, -0.2) is 4.79 Å². The molecule has 6 heteroatoms. The highest BCUT2D eigenvalue weighted by Crippen LogP contribution is 2.26. The lowest BCUT2D eigenvalue weighted by Crippen LogP contribution is -2.11. The van der Waals surface area contributed by atoms with E-state index < -0.39 is 5.97 Å². The Bertz CT molecular complexity index is 972. The van der Waals surface area contributed by atoms with E-state index in [2.05, 4.69) is 0 Å². The monoisotopic (exact) mass is 347 g/mol. The lowest BCUT2D eigenvalue weighted by molar-refractivity contribution is 0.0593.